The molecule has 0 spiro atoms. The Morgan fingerprint density at radius 1 is 1.28 bits per heavy atom. The summed E-state index contributed by atoms with van der Waals surface area (Å²) in [5.41, 5.74) is 1.02. The minimum atomic E-state index is 0.567. The number of aromatic nitrogens is 2. The number of hydrogen-bond donors (Lipinski definition) is 1. The van der Waals surface area contributed by atoms with Crippen LogP contribution in [0.4, 0.5) is 5.82 Å². The van der Waals surface area contributed by atoms with Gasteiger partial charge in [-0.2, -0.15) is 0 Å². The molecule has 18 heavy (non-hydrogen) atoms. The molecule has 94 valence electrons. The molecule has 4 heteroatoms. The summed E-state index contributed by atoms with van der Waals surface area (Å²) in [5.74, 6) is 2.48. The van der Waals surface area contributed by atoms with E-state index in [9.17, 15) is 0 Å². The zero-order chi connectivity index (χ0) is 12.4. The van der Waals surface area contributed by atoms with Crippen molar-refractivity contribution in [2.75, 3.05) is 25.6 Å². The van der Waals surface area contributed by atoms with Crippen molar-refractivity contribution in [1.82, 2.24) is 9.97 Å². The molecule has 4 nitrogen and oxygen atoms in total. The molecule has 0 unspecified atom stereocenters. The fourth-order valence-electron chi connectivity index (χ4n) is 2.02. The molecule has 0 atom stereocenters. The molecule has 1 aromatic heterocycles. The molecule has 1 aliphatic carbocycles. The summed E-state index contributed by atoms with van der Waals surface area (Å²) >= 11 is 0. The summed E-state index contributed by atoms with van der Waals surface area (Å²) in [6.45, 7) is 1.44. The van der Waals surface area contributed by atoms with Crippen molar-refractivity contribution in [3.05, 3.63) is 30.1 Å². The van der Waals surface area contributed by atoms with Crippen LogP contribution < -0.4 is 5.32 Å². The SMILES string of the molecule is COCCNc1nc(C2CC2)nc2ccccc12. The van der Waals surface area contributed by atoms with E-state index in [2.05, 4.69) is 21.4 Å². The van der Waals surface area contributed by atoms with Gasteiger partial charge in [0.05, 0.1) is 12.1 Å². The van der Waals surface area contributed by atoms with Crippen LogP contribution in [0.3, 0.4) is 0 Å². The van der Waals surface area contributed by atoms with Gasteiger partial charge in [0.2, 0.25) is 0 Å². The average Bonchev–Trinajstić information content (AvgIpc) is 3.23. The van der Waals surface area contributed by atoms with Gasteiger partial charge < -0.3 is 10.1 Å². The van der Waals surface area contributed by atoms with Crippen LogP contribution in [0.1, 0.15) is 24.6 Å². The van der Waals surface area contributed by atoms with Crippen LogP contribution in [-0.4, -0.2) is 30.2 Å². The van der Waals surface area contributed by atoms with Crippen LogP contribution in [0.15, 0.2) is 24.3 Å². The van der Waals surface area contributed by atoms with Gasteiger partial charge >= 0.3 is 0 Å². The number of para-hydroxylation sites is 1. The molecule has 3 rings (SSSR count). The highest BCUT2D eigenvalue weighted by Gasteiger charge is 2.27. The summed E-state index contributed by atoms with van der Waals surface area (Å²) in [6, 6.07) is 8.14. The van der Waals surface area contributed by atoms with Crippen molar-refractivity contribution in [2.45, 2.75) is 18.8 Å². The number of hydrogen-bond acceptors (Lipinski definition) is 4. The molecule has 1 fully saturated rings. The predicted molar refractivity (Wildman–Crippen MR) is 71.9 cm³/mol. The van der Waals surface area contributed by atoms with E-state index in [0.29, 0.717) is 12.5 Å². The lowest BCUT2D eigenvalue weighted by molar-refractivity contribution is 0.210. The number of anilines is 1. The number of fused-ring (bicyclic) bond motifs is 1. The second-order valence-electron chi connectivity index (χ2n) is 4.64. The van der Waals surface area contributed by atoms with Crippen molar-refractivity contribution in [3.63, 3.8) is 0 Å². The number of nitrogens with zero attached hydrogens (tertiary/aromatic N) is 2. The predicted octanol–water partition coefficient (Wildman–Crippen LogP) is 2.57. The molecule has 1 N–H and O–H groups in total. The van der Waals surface area contributed by atoms with Gasteiger partial charge in [-0.25, -0.2) is 9.97 Å². The smallest absolute Gasteiger partial charge is 0.137 e. The number of rotatable bonds is 5. The van der Waals surface area contributed by atoms with Crippen LogP contribution in [0.25, 0.3) is 10.9 Å². The maximum atomic E-state index is 5.06. The molecule has 0 amide bonds. The number of nitrogens with one attached hydrogen (secondary N) is 1. The van der Waals surface area contributed by atoms with E-state index in [4.69, 9.17) is 4.74 Å². The van der Waals surface area contributed by atoms with Crippen LogP contribution >= 0.6 is 0 Å². The van der Waals surface area contributed by atoms with Crippen molar-refractivity contribution < 1.29 is 4.74 Å². The Hall–Kier alpha value is -1.68. The Labute approximate surface area is 106 Å². The van der Waals surface area contributed by atoms with E-state index in [1.165, 1.54) is 12.8 Å². The summed E-state index contributed by atoms with van der Waals surface area (Å²) in [4.78, 5) is 9.30. The molecule has 0 saturated heterocycles. The minimum absolute atomic E-state index is 0.567. The maximum absolute atomic E-state index is 5.06. The van der Waals surface area contributed by atoms with E-state index in [0.717, 1.165) is 29.1 Å². The van der Waals surface area contributed by atoms with E-state index in [-0.39, 0.29) is 0 Å². The quantitative estimate of drug-likeness (QED) is 0.820. The Bertz CT molecular complexity index is 552. The molecule has 1 heterocycles. The largest absolute Gasteiger partial charge is 0.383 e. The van der Waals surface area contributed by atoms with Gasteiger partial charge in [-0.15, -0.1) is 0 Å². The maximum Gasteiger partial charge on any atom is 0.137 e. The highest BCUT2D eigenvalue weighted by Crippen LogP contribution is 2.39. The standard InChI is InChI=1S/C14H17N3O/c1-18-9-8-15-14-11-4-2-3-5-12(11)16-13(17-14)10-6-7-10/h2-5,10H,6-9H2,1H3,(H,15,16,17). The van der Waals surface area contributed by atoms with Crippen molar-refractivity contribution in [3.8, 4) is 0 Å². The Balaban J connectivity index is 1.97. The first-order valence-corrected chi connectivity index (χ1v) is 6.38. The first kappa shape index (κ1) is 11.4. The topological polar surface area (TPSA) is 47.0 Å². The van der Waals surface area contributed by atoms with Gasteiger partial charge in [-0.1, -0.05) is 12.1 Å². The van der Waals surface area contributed by atoms with Crippen molar-refractivity contribution in [2.24, 2.45) is 0 Å². The summed E-state index contributed by atoms with van der Waals surface area (Å²) in [6.07, 6.45) is 2.44. The lowest BCUT2D eigenvalue weighted by Crippen LogP contribution is -2.10. The Morgan fingerprint density at radius 2 is 2.11 bits per heavy atom. The molecule has 1 aromatic carbocycles. The summed E-state index contributed by atoms with van der Waals surface area (Å²) in [7, 11) is 1.70. The third-order valence-electron chi connectivity index (χ3n) is 3.16. The summed E-state index contributed by atoms with van der Waals surface area (Å²) in [5, 5.41) is 4.42. The van der Waals surface area contributed by atoms with Crippen molar-refractivity contribution >= 4 is 16.7 Å². The fourth-order valence-corrected chi connectivity index (χ4v) is 2.02. The molecule has 1 aliphatic rings. The van der Waals surface area contributed by atoms with Crippen LogP contribution in [0.5, 0.6) is 0 Å². The average molecular weight is 243 g/mol. The normalized spacial score (nSPS) is 14.9. The Kier molecular flexibility index (Phi) is 3.11. The van der Waals surface area contributed by atoms with Gasteiger partial charge in [0.15, 0.2) is 0 Å². The highest BCUT2D eigenvalue weighted by atomic mass is 16.5. The third kappa shape index (κ3) is 2.29. The van der Waals surface area contributed by atoms with E-state index in [1.807, 2.05) is 18.2 Å². The molecular weight excluding hydrogens is 226 g/mol. The third-order valence-corrected chi connectivity index (χ3v) is 3.16. The molecule has 0 aliphatic heterocycles. The number of methoxy groups -OCH3 is 1. The van der Waals surface area contributed by atoms with Gasteiger partial charge in [-0.05, 0) is 25.0 Å². The lowest BCUT2D eigenvalue weighted by Gasteiger charge is -2.10. The molecule has 0 radical (unpaired) electrons. The molecule has 2 aromatic rings. The molecule has 0 bridgehead atoms. The number of benzene rings is 1. The highest BCUT2D eigenvalue weighted by molar-refractivity contribution is 5.89. The van der Waals surface area contributed by atoms with Crippen LogP contribution in [-0.2, 0) is 4.74 Å². The van der Waals surface area contributed by atoms with Gasteiger partial charge in [0, 0.05) is 25.0 Å². The fraction of sp³-hybridized carbons (Fsp3) is 0.429. The second-order valence-corrected chi connectivity index (χ2v) is 4.64. The lowest BCUT2D eigenvalue weighted by atomic mass is 10.2. The first-order valence-electron chi connectivity index (χ1n) is 6.38. The van der Waals surface area contributed by atoms with E-state index < -0.39 is 0 Å². The first-order chi connectivity index (χ1) is 8.88. The Morgan fingerprint density at radius 3 is 2.89 bits per heavy atom. The van der Waals surface area contributed by atoms with Gasteiger partial charge in [0.1, 0.15) is 11.6 Å². The van der Waals surface area contributed by atoms with Crippen molar-refractivity contribution in [1.29, 1.82) is 0 Å². The van der Waals surface area contributed by atoms with Crippen LogP contribution in [0, 0.1) is 0 Å². The minimum Gasteiger partial charge on any atom is -0.383 e. The zero-order valence-electron chi connectivity index (χ0n) is 10.5. The second kappa shape index (κ2) is 4.90. The zero-order valence-corrected chi connectivity index (χ0v) is 10.5. The van der Waals surface area contributed by atoms with E-state index >= 15 is 0 Å². The summed E-state index contributed by atoms with van der Waals surface area (Å²) < 4.78 is 5.06. The number of ether oxygens (including phenoxy) is 1. The van der Waals surface area contributed by atoms with E-state index in [1.54, 1.807) is 7.11 Å². The monoisotopic (exact) mass is 243 g/mol. The van der Waals surface area contributed by atoms with Gasteiger partial charge in [-0.3, -0.25) is 0 Å². The molecule has 1 saturated carbocycles. The molecular formula is C14H17N3O. The van der Waals surface area contributed by atoms with Gasteiger partial charge in [0.25, 0.3) is 0 Å². The van der Waals surface area contributed by atoms with Crippen LogP contribution in [0.2, 0.25) is 0 Å².